The molecule has 2 heterocycles. The number of nitrogens with zero attached hydrogens (tertiary/aromatic N) is 2. The Hall–Kier alpha value is -0.940. The van der Waals surface area contributed by atoms with Gasteiger partial charge in [0.2, 0.25) is 11.7 Å². The number of aromatic nitrogens is 2. The first-order valence-corrected chi connectivity index (χ1v) is 7.94. The van der Waals surface area contributed by atoms with Crippen molar-refractivity contribution < 1.29 is 9.26 Å². The van der Waals surface area contributed by atoms with Crippen LogP contribution in [0.2, 0.25) is 0 Å². The zero-order valence-electron chi connectivity index (χ0n) is 12.5. The van der Waals surface area contributed by atoms with Crippen LogP contribution in [0.4, 0.5) is 0 Å². The molecule has 1 aromatic heterocycles. The molecule has 0 bridgehead atoms. The number of ether oxygens (including phenoxy) is 1. The van der Waals surface area contributed by atoms with Crippen molar-refractivity contribution in [1.29, 1.82) is 0 Å². The summed E-state index contributed by atoms with van der Waals surface area (Å²) in [6.07, 6.45) is 6.92. The number of hydrogen-bond donors (Lipinski definition) is 1. The van der Waals surface area contributed by atoms with Crippen molar-refractivity contribution >= 4 is 0 Å². The van der Waals surface area contributed by atoms with Gasteiger partial charge in [-0.2, -0.15) is 4.98 Å². The highest BCUT2D eigenvalue weighted by atomic mass is 16.5. The van der Waals surface area contributed by atoms with Gasteiger partial charge in [-0.05, 0) is 39.2 Å². The molecule has 0 spiro atoms. The minimum absolute atomic E-state index is 0.343. The van der Waals surface area contributed by atoms with Crippen LogP contribution in [-0.2, 0) is 10.3 Å². The van der Waals surface area contributed by atoms with Crippen molar-refractivity contribution in [2.45, 2.75) is 69.9 Å². The third kappa shape index (κ3) is 2.61. The molecule has 2 aliphatic rings. The van der Waals surface area contributed by atoms with Gasteiger partial charge in [-0.1, -0.05) is 24.9 Å². The summed E-state index contributed by atoms with van der Waals surface area (Å²) in [5.74, 6) is 1.88. The molecule has 3 atom stereocenters. The Morgan fingerprint density at radius 2 is 2.15 bits per heavy atom. The minimum atomic E-state index is -0.343. The van der Waals surface area contributed by atoms with Gasteiger partial charge < -0.3 is 14.6 Å². The second-order valence-corrected chi connectivity index (χ2v) is 6.19. The van der Waals surface area contributed by atoms with Crippen LogP contribution < -0.4 is 5.32 Å². The first-order chi connectivity index (χ1) is 9.73. The van der Waals surface area contributed by atoms with Gasteiger partial charge in [0.1, 0.15) is 5.60 Å². The SMILES string of the molecule is CCNC1CCCCC1c1nc(C2(C)CCCO2)no1. The topological polar surface area (TPSA) is 60.2 Å². The van der Waals surface area contributed by atoms with Crippen molar-refractivity contribution in [2.24, 2.45) is 0 Å². The van der Waals surface area contributed by atoms with Crippen molar-refractivity contribution in [3.05, 3.63) is 11.7 Å². The van der Waals surface area contributed by atoms with Gasteiger partial charge in [0, 0.05) is 12.6 Å². The molecule has 1 saturated heterocycles. The van der Waals surface area contributed by atoms with E-state index >= 15 is 0 Å². The van der Waals surface area contributed by atoms with E-state index in [-0.39, 0.29) is 5.60 Å². The molecule has 5 nitrogen and oxygen atoms in total. The molecule has 1 saturated carbocycles. The maximum absolute atomic E-state index is 5.80. The summed E-state index contributed by atoms with van der Waals surface area (Å²) in [5.41, 5.74) is -0.343. The van der Waals surface area contributed by atoms with Gasteiger partial charge in [-0.3, -0.25) is 0 Å². The predicted molar refractivity (Wildman–Crippen MR) is 75.5 cm³/mol. The van der Waals surface area contributed by atoms with E-state index in [0.29, 0.717) is 12.0 Å². The maximum Gasteiger partial charge on any atom is 0.231 e. The summed E-state index contributed by atoms with van der Waals surface area (Å²) in [6, 6.07) is 0.472. The van der Waals surface area contributed by atoms with Gasteiger partial charge >= 0.3 is 0 Å². The standard InChI is InChI=1S/C15H25N3O2/c1-3-16-12-8-5-4-7-11(12)13-17-14(18-20-13)15(2)9-6-10-19-15/h11-12,16H,3-10H2,1-2H3. The Morgan fingerprint density at radius 3 is 2.90 bits per heavy atom. The zero-order chi connectivity index (χ0) is 14.0. The lowest BCUT2D eigenvalue weighted by molar-refractivity contribution is 0.00768. The third-order valence-corrected chi connectivity index (χ3v) is 4.68. The smallest absolute Gasteiger partial charge is 0.231 e. The van der Waals surface area contributed by atoms with Gasteiger partial charge in [-0.25, -0.2) is 0 Å². The molecule has 0 amide bonds. The Morgan fingerprint density at radius 1 is 1.30 bits per heavy atom. The average molecular weight is 279 g/mol. The van der Waals surface area contributed by atoms with Crippen LogP contribution in [0.15, 0.2) is 4.52 Å². The van der Waals surface area contributed by atoms with Gasteiger partial charge in [-0.15, -0.1) is 0 Å². The molecule has 1 aromatic rings. The number of hydrogen-bond acceptors (Lipinski definition) is 5. The first kappa shape index (κ1) is 14.0. The molecule has 112 valence electrons. The van der Waals surface area contributed by atoms with Crippen LogP contribution >= 0.6 is 0 Å². The molecular weight excluding hydrogens is 254 g/mol. The second kappa shape index (κ2) is 5.82. The summed E-state index contributed by atoms with van der Waals surface area (Å²) in [5, 5.41) is 7.76. The molecule has 20 heavy (non-hydrogen) atoms. The van der Waals surface area contributed by atoms with E-state index in [1.165, 1.54) is 19.3 Å². The van der Waals surface area contributed by atoms with E-state index in [9.17, 15) is 0 Å². The van der Waals surface area contributed by atoms with Crippen LogP contribution in [0.25, 0.3) is 0 Å². The Balaban J connectivity index is 1.78. The molecule has 2 fully saturated rings. The first-order valence-electron chi connectivity index (χ1n) is 7.94. The summed E-state index contributed by atoms with van der Waals surface area (Å²) < 4.78 is 11.4. The fourth-order valence-corrected chi connectivity index (χ4v) is 3.49. The van der Waals surface area contributed by atoms with Crippen LogP contribution in [0.5, 0.6) is 0 Å². The summed E-state index contributed by atoms with van der Waals surface area (Å²) in [7, 11) is 0. The molecule has 5 heteroatoms. The van der Waals surface area contributed by atoms with Crippen LogP contribution in [0.1, 0.15) is 70.0 Å². The van der Waals surface area contributed by atoms with Crippen LogP contribution in [0.3, 0.4) is 0 Å². The van der Waals surface area contributed by atoms with E-state index in [1.54, 1.807) is 0 Å². The predicted octanol–water partition coefficient (Wildman–Crippen LogP) is 2.73. The molecule has 0 radical (unpaired) electrons. The van der Waals surface area contributed by atoms with Crippen molar-refractivity contribution in [3.63, 3.8) is 0 Å². The molecule has 0 aromatic carbocycles. The summed E-state index contributed by atoms with van der Waals surface area (Å²) >= 11 is 0. The molecular formula is C15H25N3O2. The van der Waals surface area contributed by atoms with E-state index in [1.807, 2.05) is 0 Å². The van der Waals surface area contributed by atoms with Crippen molar-refractivity contribution in [2.75, 3.05) is 13.2 Å². The Kier molecular flexibility index (Phi) is 4.08. The lowest BCUT2D eigenvalue weighted by atomic mass is 9.84. The van der Waals surface area contributed by atoms with Crippen molar-refractivity contribution in [1.82, 2.24) is 15.5 Å². The highest BCUT2D eigenvalue weighted by Gasteiger charge is 2.38. The fourth-order valence-electron chi connectivity index (χ4n) is 3.49. The quantitative estimate of drug-likeness (QED) is 0.918. The second-order valence-electron chi connectivity index (χ2n) is 6.19. The number of nitrogens with one attached hydrogen (secondary N) is 1. The van der Waals surface area contributed by atoms with Crippen LogP contribution in [0, 0.1) is 0 Å². The summed E-state index contributed by atoms with van der Waals surface area (Å²) in [6.45, 7) is 6.00. The minimum Gasteiger partial charge on any atom is -0.367 e. The zero-order valence-corrected chi connectivity index (χ0v) is 12.5. The van der Waals surface area contributed by atoms with Gasteiger partial charge in [0.05, 0.1) is 5.92 Å². The van der Waals surface area contributed by atoms with Gasteiger partial charge in [0.25, 0.3) is 0 Å². The van der Waals surface area contributed by atoms with E-state index in [4.69, 9.17) is 9.26 Å². The van der Waals surface area contributed by atoms with E-state index in [0.717, 1.165) is 44.1 Å². The number of likely N-dealkylation sites (N-methyl/N-ethyl adjacent to an activating group) is 1. The summed E-state index contributed by atoms with van der Waals surface area (Å²) in [4.78, 5) is 4.68. The number of rotatable bonds is 4. The van der Waals surface area contributed by atoms with E-state index < -0.39 is 0 Å². The largest absolute Gasteiger partial charge is 0.367 e. The van der Waals surface area contributed by atoms with Crippen LogP contribution in [-0.4, -0.2) is 29.3 Å². The van der Waals surface area contributed by atoms with E-state index in [2.05, 4.69) is 29.3 Å². The molecule has 3 rings (SSSR count). The third-order valence-electron chi connectivity index (χ3n) is 4.68. The van der Waals surface area contributed by atoms with Crippen molar-refractivity contribution in [3.8, 4) is 0 Å². The highest BCUT2D eigenvalue weighted by molar-refractivity contribution is 5.06. The molecule has 3 unspecified atom stereocenters. The highest BCUT2D eigenvalue weighted by Crippen LogP contribution is 2.36. The maximum atomic E-state index is 5.80. The monoisotopic (exact) mass is 279 g/mol. The Labute approximate surface area is 120 Å². The lowest BCUT2D eigenvalue weighted by Gasteiger charge is -2.29. The lowest BCUT2D eigenvalue weighted by Crippen LogP contribution is -2.37. The van der Waals surface area contributed by atoms with Gasteiger partial charge in [0.15, 0.2) is 0 Å². The molecule has 1 aliphatic carbocycles. The normalized spacial score (nSPS) is 34.5. The molecule has 1 aliphatic heterocycles. The molecule has 1 N–H and O–H groups in total. The average Bonchev–Trinajstić information content (AvgIpc) is 3.09. The fraction of sp³-hybridized carbons (Fsp3) is 0.867. The Bertz CT molecular complexity index is 438.